The molecule has 0 aliphatic heterocycles. The zero-order valence-electron chi connectivity index (χ0n) is 11.3. The molecule has 0 fully saturated rings. The van der Waals surface area contributed by atoms with Crippen LogP contribution in [0.4, 0.5) is 0 Å². The number of ketones is 1. The first-order valence-corrected chi connectivity index (χ1v) is 6.15. The van der Waals surface area contributed by atoms with Crippen LogP contribution in [-0.2, 0) is 27.8 Å². The number of rotatable bonds is 4. The van der Waals surface area contributed by atoms with Gasteiger partial charge in [-0.15, -0.1) is 0 Å². The molecule has 2 rings (SSSR count). The maximum absolute atomic E-state index is 11.7. The van der Waals surface area contributed by atoms with E-state index in [9.17, 15) is 9.59 Å². The lowest BCUT2D eigenvalue weighted by Crippen LogP contribution is -2.25. The van der Waals surface area contributed by atoms with Gasteiger partial charge < -0.3 is 9.30 Å². The number of Topliss-reactive ketones (excluding diaryl/α,β-unsaturated/α-hetero) is 1. The summed E-state index contributed by atoms with van der Waals surface area (Å²) >= 11 is 0. The molecule has 1 aromatic carbocycles. The van der Waals surface area contributed by atoms with E-state index in [0.29, 0.717) is 6.42 Å². The number of hydrogen-bond donors (Lipinski definition) is 0. The van der Waals surface area contributed by atoms with Crippen LogP contribution in [0, 0.1) is 5.92 Å². The molecule has 4 nitrogen and oxygen atoms in total. The van der Waals surface area contributed by atoms with Gasteiger partial charge in [-0.1, -0.05) is 18.2 Å². The van der Waals surface area contributed by atoms with Gasteiger partial charge in [0.05, 0.1) is 7.11 Å². The van der Waals surface area contributed by atoms with Crippen molar-refractivity contribution in [2.75, 3.05) is 7.11 Å². The molecule has 4 heteroatoms. The highest BCUT2D eigenvalue weighted by Gasteiger charge is 2.25. The largest absolute Gasteiger partial charge is 0.468 e. The van der Waals surface area contributed by atoms with Crippen LogP contribution in [-0.4, -0.2) is 23.4 Å². The van der Waals surface area contributed by atoms with Gasteiger partial charge in [0.2, 0.25) is 0 Å². The maximum atomic E-state index is 11.7. The maximum Gasteiger partial charge on any atom is 0.316 e. The van der Waals surface area contributed by atoms with E-state index in [1.54, 1.807) is 0 Å². The SMILES string of the molecule is COC(=O)C(Cc1cn(C)c2ccccc12)C(C)=O. The fourth-order valence-corrected chi connectivity index (χ4v) is 2.34. The first kappa shape index (κ1) is 13.3. The summed E-state index contributed by atoms with van der Waals surface area (Å²) in [6.45, 7) is 1.42. The van der Waals surface area contributed by atoms with E-state index in [4.69, 9.17) is 4.74 Å². The summed E-state index contributed by atoms with van der Waals surface area (Å²) < 4.78 is 6.70. The number of aromatic nitrogens is 1. The number of methoxy groups -OCH3 is 1. The number of fused-ring (bicyclic) bond motifs is 1. The topological polar surface area (TPSA) is 48.3 Å². The Hall–Kier alpha value is -2.10. The van der Waals surface area contributed by atoms with Gasteiger partial charge in [-0.3, -0.25) is 9.59 Å². The number of nitrogens with zero attached hydrogens (tertiary/aromatic N) is 1. The minimum atomic E-state index is -0.726. The van der Waals surface area contributed by atoms with E-state index < -0.39 is 11.9 Å². The molecule has 0 saturated carbocycles. The fourth-order valence-electron chi connectivity index (χ4n) is 2.34. The van der Waals surface area contributed by atoms with Crippen molar-refractivity contribution in [1.29, 1.82) is 0 Å². The van der Waals surface area contributed by atoms with Crippen molar-refractivity contribution < 1.29 is 14.3 Å². The molecule has 0 amide bonds. The van der Waals surface area contributed by atoms with Crippen molar-refractivity contribution >= 4 is 22.7 Å². The molecule has 1 unspecified atom stereocenters. The van der Waals surface area contributed by atoms with E-state index in [1.165, 1.54) is 14.0 Å². The Morgan fingerprint density at radius 1 is 1.32 bits per heavy atom. The van der Waals surface area contributed by atoms with Crippen LogP contribution < -0.4 is 0 Å². The van der Waals surface area contributed by atoms with Gasteiger partial charge in [0.1, 0.15) is 11.7 Å². The zero-order valence-corrected chi connectivity index (χ0v) is 11.3. The van der Waals surface area contributed by atoms with E-state index in [2.05, 4.69) is 0 Å². The Morgan fingerprint density at radius 2 is 2.00 bits per heavy atom. The van der Waals surface area contributed by atoms with Crippen LogP contribution in [0.1, 0.15) is 12.5 Å². The van der Waals surface area contributed by atoms with Gasteiger partial charge in [0.15, 0.2) is 0 Å². The van der Waals surface area contributed by atoms with Gasteiger partial charge >= 0.3 is 5.97 Å². The van der Waals surface area contributed by atoms with E-state index in [0.717, 1.165) is 16.5 Å². The lowest BCUT2D eigenvalue weighted by Gasteiger charge is -2.10. The molecule has 1 heterocycles. The van der Waals surface area contributed by atoms with Crippen LogP contribution in [0.3, 0.4) is 0 Å². The minimum Gasteiger partial charge on any atom is -0.468 e. The van der Waals surface area contributed by atoms with Crippen LogP contribution in [0.25, 0.3) is 10.9 Å². The van der Waals surface area contributed by atoms with E-state index >= 15 is 0 Å². The molecule has 0 saturated heterocycles. The second-order valence-corrected chi connectivity index (χ2v) is 4.67. The van der Waals surface area contributed by atoms with Gasteiger partial charge in [-0.25, -0.2) is 0 Å². The van der Waals surface area contributed by atoms with E-state index in [1.807, 2.05) is 42.1 Å². The highest BCUT2D eigenvalue weighted by Crippen LogP contribution is 2.23. The van der Waals surface area contributed by atoms with Crippen molar-refractivity contribution in [3.63, 3.8) is 0 Å². The first-order chi connectivity index (χ1) is 9.04. The number of carbonyl (C=O) groups is 2. The third kappa shape index (κ3) is 2.52. The third-order valence-electron chi connectivity index (χ3n) is 3.38. The molecule has 19 heavy (non-hydrogen) atoms. The molecule has 1 atom stereocenters. The first-order valence-electron chi connectivity index (χ1n) is 6.15. The Balaban J connectivity index is 2.39. The van der Waals surface area contributed by atoms with Crippen LogP contribution >= 0.6 is 0 Å². The summed E-state index contributed by atoms with van der Waals surface area (Å²) in [7, 11) is 3.26. The zero-order chi connectivity index (χ0) is 14.0. The van der Waals surface area contributed by atoms with E-state index in [-0.39, 0.29) is 5.78 Å². The predicted octanol–water partition coefficient (Wildman–Crippen LogP) is 2.10. The van der Waals surface area contributed by atoms with Crippen LogP contribution in [0.15, 0.2) is 30.5 Å². The standard InChI is InChI=1S/C15H17NO3/c1-10(17)13(15(18)19-3)8-11-9-16(2)14-7-5-4-6-12(11)14/h4-7,9,13H,8H2,1-3H3. The second kappa shape index (κ2) is 5.26. The molecular weight excluding hydrogens is 242 g/mol. The van der Waals surface area contributed by atoms with Crippen molar-refractivity contribution in [2.24, 2.45) is 13.0 Å². The van der Waals surface area contributed by atoms with Gasteiger partial charge in [0.25, 0.3) is 0 Å². The summed E-state index contributed by atoms with van der Waals surface area (Å²) in [5, 5.41) is 1.07. The van der Waals surface area contributed by atoms with Crippen LogP contribution in [0.5, 0.6) is 0 Å². The molecule has 0 aliphatic carbocycles. The molecule has 0 bridgehead atoms. The summed E-state index contributed by atoms with van der Waals surface area (Å²) in [5.41, 5.74) is 2.08. The Bertz CT molecular complexity index is 627. The van der Waals surface area contributed by atoms with Gasteiger partial charge in [-0.2, -0.15) is 0 Å². The number of aryl methyl sites for hydroxylation is 1. The summed E-state index contributed by atoms with van der Waals surface area (Å²) in [6.07, 6.45) is 2.34. The summed E-state index contributed by atoms with van der Waals surface area (Å²) in [4.78, 5) is 23.2. The fraction of sp³-hybridized carbons (Fsp3) is 0.333. The molecular formula is C15H17NO3. The molecule has 0 spiro atoms. The Kier molecular flexibility index (Phi) is 3.69. The highest BCUT2D eigenvalue weighted by atomic mass is 16.5. The van der Waals surface area contributed by atoms with Crippen LogP contribution in [0.2, 0.25) is 0 Å². The quantitative estimate of drug-likeness (QED) is 0.624. The monoisotopic (exact) mass is 259 g/mol. The number of para-hydroxylation sites is 1. The Morgan fingerprint density at radius 3 is 2.63 bits per heavy atom. The average molecular weight is 259 g/mol. The number of hydrogen-bond acceptors (Lipinski definition) is 3. The van der Waals surface area contributed by atoms with Crippen molar-refractivity contribution in [1.82, 2.24) is 4.57 Å². The van der Waals surface area contributed by atoms with Gasteiger partial charge in [0, 0.05) is 24.1 Å². The molecule has 0 radical (unpaired) electrons. The number of carbonyl (C=O) groups excluding carboxylic acids is 2. The number of ether oxygens (including phenoxy) is 1. The average Bonchev–Trinajstić information content (AvgIpc) is 2.72. The molecule has 1 aromatic heterocycles. The van der Waals surface area contributed by atoms with Gasteiger partial charge in [-0.05, 0) is 25.0 Å². The minimum absolute atomic E-state index is 0.167. The highest BCUT2D eigenvalue weighted by molar-refractivity contribution is 5.98. The summed E-state index contributed by atoms with van der Waals surface area (Å²) in [6, 6.07) is 7.93. The molecule has 2 aromatic rings. The normalized spacial score (nSPS) is 12.4. The number of esters is 1. The summed E-state index contributed by atoms with van der Waals surface area (Å²) in [5.74, 6) is -1.36. The second-order valence-electron chi connectivity index (χ2n) is 4.67. The van der Waals surface area contributed by atoms with Crippen molar-refractivity contribution in [2.45, 2.75) is 13.3 Å². The molecule has 0 aliphatic rings. The molecule has 100 valence electrons. The predicted molar refractivity (Wildman–Crippen MR) is 72.8 cm³/mol. The number of benzene rings is 1. The van der Waals surface area contributed by atoms with Crippen molar-refractivity contribution in [3.05, 3.63) is 36.0 Å². The van der Waals surface area contributed by atoms with Crippen molar-refractivity contribution in [3.8, 4) is 0 Å². The molecule has 0 N–H and O–H groups in total. The Labute approximate surface area is 112 Å². The smallest absolute Gasteiger partial charge is 0.316 e. The lowest BCUT2D eigenvalue weighted by atomic mass is 9.96. The lowest BCUT2D eigenvalue weighted by molar-refractivity contribution is -0.148. The third-order valence-corrected chi connectivity index (χ3v) is 3.38.